The molecule has 0 unspecified atom stereocenters. The summed E-state index contributed by atoms with van der Waals surface area (Å²) in [5.41, 5.74) is 6.87. The Morgan fingerprint density at radius 2 is 2.24 bits per heavy atom. The molecular weight excluding hydrogens is 216 g/mol. The molecule has 4 N–H and O–H groups in total. The number of aromatic hydroxyl groups is 1. The number of phenols is 1. The standard InChI is InChI=1S/C13H18N2O2/c14-11-4-5-12(16)10(7-11)8-15-13(17)6-9-2-1-3-9/h4-5,7,9,16H,1-3,6,8,14H2,(H,15,17). The molecule has 0 radical (unpaired) electrons. The van der Waals surface area contributed by atoms with Gasteiger partial charge in [0.2, 0.25) is 5.91 Å². The zero-order valence-corrected chi connectivity index (χ0v) is 9.78. The number of hydrogen-bond acceptors (Lipinski definition) is 3. The Balaban J connectivity index is 1.83. The maximum absolute atomic E-state index is 11.6. The van der Waals surface area contributed by atoms with E-state index in [4.69, 9.17) is 5.73 Å². The minimum atomic E-state index is 0.0523. The van der Waals surface area contributed by atoms with Crippen molar-refractivity contribution in [2.24, 2.45) is 5.92 Å². The summed E-state index contributed by atoms with van der Waals surface area (Å²) >= 11 is 0. The van der Waals surface area contributed by atoms with E-state index in [1.165, 1.54) is 6.42 Å². The van der Waals surface area contributed by atoms with Crippen LogP contribution in [0.3, 0.4) is 0 Å². The summed E-state index contributed by atoms with van der Waals surface area (Å²) in [7, 11) is 0. The third kappa shape index (κ3) is 3.12. The summed E-state index contributed by atoms with van der Waals surface area (Å²) in [5, 5.41) is 12.4. The topological polar surface area (TPSA) is 75.3 Å². The van der Waals surface area contributed by atoms with Gasteiger partial charge in [-0.15, -0.1) is 0 Å². The zero-order valence-electron chi connectivity index (χ0n) is 9.78. The monoisotopic (exact) mass is 234 g/mol. The SMILES string of the molecule is Nc1ccc(O)c(CNC(=O)CC2CCC2)c1. The summed E-state index contributed by atoms with van der Waals surface area (Å²) in [6.07, 6.45) is 4.17. The molecule has 1 aromatic rings. The van der Waals surface area contributed by atoms with Gasteiger partial charge in [-0.3, -0.25) is 4.79 Å². The molecule has 17 heavy (non-hydrogen) atoms. The molecule has 0 aromatic heterocycles. The summed E-state index contributed by atoms with van der Waals surface area (Å²) in [5.74, 6) is 0.782. The molecule has 1 fully saturated rings. The first-order valence-corrected chi connectivity index (χ1v) is 5.99. The number of nitrogen functional groups attached to an aromatic ring is 1. The van der Waals surface area contributed by atoms with Crippen molar-refractivity contribution in [2.45, 2.75) is 32.2 Å². The lowest BCUT2D eigenvalue weighted by atomic mass is 9.83. The smallest absolute Gasteiger partial charge is 0.220 e. The first-order valence-electron chi connectivity index (χ1n) is 5.99. The highest BCUT2D eigenvalue weighted by molar-refractivity contribution is 5.76. The van der Waals surface area contributed by atoms with Crippen molar-refractivity contribution in [3.63, 3.8) is 0 Å². The Labute approximate surface area is 101 Å². The third-order valence-corrected chi connectivity index (χ3v) is 3.28. The van der Waals surface area contributed by atoms with Crippen LogP contribution in [-0.2, 0) is 11.3 Å². The van der Waals surface area contributed by atoms with Crippen molar-refractivity contribution in [3.8, 4) is 5.75 Å². The van der Waals surface area contributed by atoms with Crippen LogP contribution in [0.25, 0.3) is 0 Å². The van der Waals surface area contributed by atoms with Gasteiger partial charge in [-0.2, -0.15) is 0 Å². The summed E-state index contributed by atoms with van der Waals surface area (Å²) in [4.78, 5) is 11.6. The molecule has 0 bridgehead atoms. The van der Waals surface area contributed by atoms with E-state index in [0.29, 0.717) is 30.1 Å². The zero-order chi connectivity index (χ0) is 12.3. The highest BCUT2D eigenvalue weighted by Crippen LogP contribution is 2.29. The maximum Gasteiger partial charge on any atom is 0.220 e. The lowest BCUT2D eigenvalue weighted by Gasteiger charge is -2.24. The highest BCUT2D eigenvalue weighted by Gasteiger charge is 2.20. The van der Waals surface area contributed by atoms with Crippen LogP contribution in [0.4, 0.5) is 5.69 Å². The molecule has 1 aliphatic rings. The molecule has 1 aliphatic carbocycles. The molecule has 1 saturated carbocycles. The first-order chi connectivity index (χ1) is 8.15. The Hall–Kier alpha value is -1.71. The van der Waals surface area contributed by atoms with E-state index < -0.39 is 0 Å². The number of hydrogen-bond donors (Lipinski definition) is 3. The normalized spacial score (nSPS) is 15.3. The number of nitrogens with one attached hydrogen (secondary N) is 1. The van der Waals surface area contributed by atoms with E-state index in [1.54, 1.807) is 18.2 Å². The fourth-order valence-corrected chi connectivity index (χ4v) is 1.97. The quantitative estimate of drug-likeness (QED) is 0.549. The number of anilines is 1. The molecule has 0 saturated heterocycles. The minimum absolute atomic E-state index is 0.0523. The maximum atomic E-state index is 11.6. The van der Waals surface area contributed by atoms with Gasteiger partial charge in [-0.25, -0.2) is 0 Å². The molecule has 2 rings (SSSR count). The van der Waals surface area contributed by atoms with E-state index in [2.05, 4.69) is 5.32 Å². The molecule has 4 nitrogen and oxygen atoms in total. The molecule has 1 aromatic carbocycles. The predicted molar refractivity (Wildman–Crippen MR) is 66.3 cm³/mol. The van der Waals surface area contributed by atoms with E-state index in [0.717, 1.165) is 12.8 Å². The molecule has 0 heterocycles. The molecule has 1 amide bonds. The van der Waals surface area contributed by atoms with Gasteiger partial charge < -0.3 is 16.2 Å². The Kier molecular flexibility index (Phi) is 3.52. The number of amides is 1. The summed E-state index contributed by atoms with van der Waals surface area (Å²) in [6, 6.07) is 4.86. The second kappa shape index (κ2) is 5.08. The molecule has 0 spiro atoms. The Morgan fingerprint density at radius 1 is 1.47 bits per heavy atom. The number of carbonyl (C=O) groups excluding carboxylic acids is 1. The van der Waals surface area contributed by atoms with E-state index in [1.807, 2.05) is 0 Å². The predicted octanol–water partition coefficient (Wildman–Crippen LogP) is 1.78. The van der Waals surface area contributed by atoms with Gasteiger partial charge in [-0.1, -0.05) is 6.42 Å². The van der Waals surface area contributed by atoms with Crippen LogP contribution >= 0.6 is 0 Å². The molecule has 4 heteroatoms. The summed E-state index contributed by atoms with van der Waals surface area (Å²) < 4.78 is 0. The van der Waals surface area contributed by atoms with Crippen molar-refractivity contribution in [1.82, 2.24) is 5.32 Å². The van der Waals surface area contributed by atoms with E-state index in [-0.39, 0.29) is 11.7 Å². The van der Waals surface area contributed by atoms with Crippen LogP contribution < -0.4 is 11.1 Å². The number of rotatable bonds is 4. The van der Waals surface area contributed by atoms with Crippen LogP contribution in [0.5, 0.6) is 5.75 Å². The first kappa shape index (κ1) is 11.8. The summed E-state index contributed by atoms with van der Waals surface area (Å²) in [6.45, 7) is 0.336. The Bertz CT molecular complexity index is 414. The van der Waals surface area contributed by atoms with Crippen molar-refractivity contribution in [2.75, 3.05) is 5.73 Å². The van der Waals surface area contributed by atoms with Crippen LogP contribution in [0.2, 0.25) is 0 Å². The second-order valence-corrected chi connectivity index (χ2v) is 4.67. The molecule has 92 valence electrons. The van der Waals surface area contributed by atoms with Gasteiger partial charge in [0.05, 0.1) is 0 Å². The Morgan fingerprint density at radius 3 is 2.88 bits per heavy atom. The fourth-order valence-electron chi connectivity index (χ4n) is 1.97. The number of phenolic OH excluding ortho intramolecular Hbond substituents is 1. The average molecular weight is 234 g/mol. The van der Waals surface area contributed by atoms with Crippen molar-refractivity contribution in [1.29, 1.82) is 0 Å². The highest BCUT2D eigenvalue weighted by atomic mass is 16.3. The van der Waals surface area contributed by atoms with Gasteiger partial charge in [0.25, 0.3) is 0 Å². The number of carbonyl (C=O) groups is 1. The van der Waals surface area contributed by atoms with Crippen molar-refractivity contribution >= 4 is 11.6 Å². The van der Waals surface area contributed by atoms with Gasteiger partial charge in [0, 0.05) is 24.2 Å². The van der Waals surface area contributed by atoms with Crippen molar-refractivity contribution < 1.29 is 9.90 Å². The second-order valence-electron chi connectivity index (χ2n) is 4.67. The third-order valence-electron chi connectivity index (χ3n) is 3.28. The van der Waals surface area contributed by atoms with E-state index in [9.17, 15) is 9.90 Å². The van der Waals surface area contributed by atoms with E-state index >= 15 is 0 Å². The lowest BCUT2D eigenvalue weighted by molar-refractivity contribution is -0.122. The van der Waals surface area contributed by atoms with Crippen LogP contribution in [-0.4, -0.2) is 11.0 Å². The van der Waals surface area contributed by atoms with Gasteiger partial charge >= 0.3 is 0 Å². The molecular formula is C13H18N2O2. The van der Waals surface area contributed by atoms with Crippen LogP contribution in [0.1, 0.15) is 31.2 Å². The molecule has 0 atom stereocenters. The van der Waals surface area contributed by atoms with Gasteiger partial charge in [0.1, 0.15) is 5.75 Å². The van der Waals surface area contributed by atoms with Crippen LogP contribution in [0, 0.1) is 5.92 Å². The van der Waals surface area contributed by atoms with Gasteiger partial charge in [-0.05, 0) is 37.0 Å². The van der Waals surface area contributed by atoms with Crippen molar-refractivity contribution in [3.05, 3.63) is 23.8 Å². The minimum Gasteiger partial charge on any atom is -0.508 e. The number of benzene rings is 1. The fraction of sp³-hybridized carbons (Fsp3) is 0.462. The largest absolute Gasteiger partial charge is 0.508 e. The van der Waals surface area contributed by atoms with Gasteiger partial charge in [0.15, 0.2) is 0 Å². The van der Waals surface area contributed by atoms with Crippen LogP contribution in [0.15, 0.2) is 18.2 Å². The average Bonchev–Trinajstić information content (AvgIpc) is 2.25. The lowest BCUT2D eigenvalue weighted by Crippen LogP contribution is -2.27. The molecule has 0 aliphatic heterocycles. The number of nitrogens with two attached hydrogens (primary N) is 1.